The maximum atomic E-state index is 9.61. The Morgan fingerprint density at radius 1 is 0.968 bits per heavy atom. The van der Waals surface area contributed by atoms with Crippen molar-refractivity contribution in [1.82, 2.24) is 15.3 Å². The number of aromatic hydroxyl groups is 2. The Kier molecular flexibility index (Phi) is 6.42. The smallest absolute Gasteiger partial charge is 0.225 e. The fourth-order valence-corrected chi connectivity index (χ4v) is 4.26. The highest BCUT2D eigenvalue weighted by molar-refractivity contribution is 5.90. The monoisotopic (exact) mass is 421 g/mol. The van der Waals surface area contributed by atoms with E-state index in [4.69, 9.17) is 9.97 Å². The third-order valence-electron chi connectivity index (χ3n) is 5.99. The van der Waals surface area contributed by atoms with E-state index in [-0.39, 0.29) is 11.5 Å². The second-order valence-corrected chi connectivity index (χ2v) is 8.60. The van der Waals surface area contributed by atoms with Gasteiger partial charge in [-0.2, -0.15) is 4.98 Å². The van der Waals surface area contributed by atoms with Crippen molar-refractivity contribution >= 4 is 22.7 Å². The van der Waals surface area contributed by atoms with Gasteiger partial charge >= 0.3 is 0 Å². The number of nitrogens with zero attached hydrogens (tertiary/aromatic N) is 3. The summed E-state index contributed by atoms with van der Waals surface area (Å²) in [5.41, 5.74) is 1.93. The number of anilines is 2. The number of rotatable bonds is 7. The Labute approximate surface area is 183 Å². The SMILES string of the molecule is CN(C)c1nc(NC2CCC(CNCc3ccc(O)c(O)c3)CC2)nc2ccccc12. The molecule has 0 radical (unpaired) electrons. The van der Waals surface area contributed by atoms with Crippen LogP contribution in [0, 0.1) is 5.92 Å². The molecule has 7 heteroatoms. The van der Waals surface area contributed by atoms with E-state index in [9.17, 15) is 10.2 Å². The first-order chi connectivity index (χ1) is 15.0. The summed E-state index contributed by atoms with van der Waals surface area (Å²) in [6, 6.07) is 13.5. The molecule has 1 aromatic heterocycles. The Bertz CT molecular complexity index is 1030. The van der Waals surface area contributed by atoms with Crippen LogP contribution in [0.25, 0.3) is 10.9 Å². The minimum atomic E-state index is -0.0809. The number of hydrogen-bond donors (Lipinski definition) is 4. The summed E-state index contributed by atoms with van der Waals surface area (Å²) in [6.07, 6.45) is 4.50. The molecule has 4 rings (SSSR count). The lowest BCUT2D eigenvalue weighted by atomic mass is 9.86. The standard InChI is InChI=1S/C24H31N5O2/c1-29(2)23-19-5-3-4-6-20(19)27-24(28-23)26-18-10-7-16(8-11-18)14-25-15-17-9-12-21(30)22(31)13-17/h3-6,9,12-13,16,18,25,30-31H,7-8,10-11,14-15H2,1-2H3,(H,26,27,28). The summed E-state index contributed by atoms with van der Waals surface area (Å²) in [5, 5.41) is 27.1. The topological polar surface area (TPSA) is 93.5 Å². The normalized spacial score (nSPS) is 18.8. The molecule has 164 valence electrons. The van der Waals surface area contributed by atoms with Crippen LogP contribution in [-0.2, 0) is 6.54 Å². The van der Waals surface area contributed by atoms with Gasteiger partial charge in [0.15, 0.2) is 11.5 Å². The summed E-state index contributed by atoms with van der Waals surface area (Å²) < 4.78 is 0. The third-order valence-corrected chi connectivity index (χ3v) is 5.99. The predicted molar refractivity (Wildman–Crippen MR) is 125 cm³/mol. The quantitative estimate of drug-likeness (QED) is 0.430. The summed E-state index contributed by atoms with van der Waals surface area (Å²) in [5.74, 6) is 2.13. The Hall–Kier alpha value is -3.06. The van der Waals surface area contributed by atoms with E-state index in [0.29, 0.717) is 24.5 Å². The van der Waals surface area contributed by atoms with Gasteiger partial charge in [0.2, 0.25) is 5.95 Å². The molecule has 1 aliphatic carbocycles. The number of phenols is 2. The van der Waals surface area contributed by atoms with E-state index in [2.05, 4.69) is 16.7 Å². The van der Waals surface area contributed by atoms with Crippen LogP contribution >= 0.6 is 0 Å². The van der Waals surface area contributed by atoms with Crippen LogP contribution in [0.15, 0.2) is 42.5 Å². The minimum Gasteiger partial charge on any atom is -0.504 e. The Balaban J connectivity index is 1.29. The van der Waals surface area contributed by atoms with Crippen molar-refractivity contribution < 1.29 is 10.2 Å². The van der Waals surface area contributed by atoms with Crippen molar-refractivity contribution in [2.75, 3.05) is 30.9 Å². The molecular formula is C24H31N5O2. The van der Waals surface area contributed by atoms with Gasteiger partial charge in [0, 0.05) is 32.1 Å². The second kappa shape index (κ2) is 9.39. The molecule has 0 spiro atoms. The molecule has 2 aromatic carbocycles. The lowest BCUT2D eigenvalue weighted by Gasteiger charge is -2.29. The first kappa shape index (κ1) is 21.2. The van der Waals surface area contributed by atoms with Gasteiger partial charge in [0.1, 0.15) is 5.82 Å². The first-order valence-electron chi connectivity index (χ1n) is 10.9. The van der Waals surface area contributed by atoms with Crippen LogP contribution in [0.3, 0.4) is 0 Å². The fraction of sp³-hybridized carbons (Fsp3) is 0.417. The zero-order valence-corrected chi connectivity index (χ0v) is 18.2. The maximum Gasteiger partial charge on any atom is 0.225 e. The zero-order valence-electron chi connectivity index (χ0n) is 18.2. The Morgan fingerprint density at radius 3 is 2.48 bits per heavy atom. The van der Waals surface area contributed by atoms with E-state index < -0.39 is 0 Å². The number of hydrogen-bond acceptors (Lipinski definition) is 7. The van der Waals surface area contributed by atoms with E-state index in [0.717, 1.165) is 54.5 Å². The van der Waals surface area contributed by atoms with Crippen LogP contribution in [0.5, 0.6) is 11.5 Å². The van der Waals surface area contributed by atoms with Crippen LogP contribution in [0.2, 0.25) is 0 Å². The summed E-state index contributed by atoms with van der Waals surface area (Å²) >= 11 is 0. The predicted octanol–water partition coefficient (Wildman–Crippen LogP) is 3.87. The number of nitrogens with one attached hydrogen (secondary N) is 2. The molecule has 0 atom stereocenters. The molecule has 1 fully saturated rings. The molecule has 0 saturated heterocycles. The van der Waals surface area contributed by atoms with Crippen molar-refractivity contribution in [3.05, 3.63) is 48.0 Å². The van der Waals surface area contributed by atoms with Crippen LogP contribution in [-0.4, -0.2) is 46.9 Å². The Morgan fingerprint density at radius 2 is 1.74 bits per heavy atom. The average molecular weight is 422 g/mol. The van der Waals surface area contributed by atoms with E-state index in [1.54, 1.807) is 6.07 Å². The summed E-state index contributed by atoms with van der Waals surface area (Å²) in [4.78, 5) is 11.5. The van der Waals surface area contributed by atoms with Crippen molar-refractivity contribution in [3.8, 4) is 11.5 Å². The molecule has 31 heavy (non-hydrogen) atoms. The van der Waals surface area contributed by atoms with Gasteiger partial charge in [0.05, 0.1) is 5.52 Å². The summed E-state index contributed by atoms with van der Waals surface area (Å²) in [7, 11) is 4.02. The molecule has 4 N–H and O–H groups in total. The number of phenolic OH excluding ortho intramolecular Hbond substituents is 2. The molecule has 1 aliphatic rings. The van der Waals surface area contributed by atoms with E-state index in [1.807, 2.05) is 43.3 Å². The van der Waals surface area contributed by atoms with Crippen molar-refractivity contribution in [2.24, 2.45) is 5.92 Å². The second-order valence-electron chi connectivity index (χ2n) is 8.60. The van der Waals surface area contributed by atoms with Crippen LogP contribution < -0.4 is 15.5 Å². The molecule has 3 aromatic rings. The molecule has 0 amide bonds. The van der Waals surface area contributed by atoms with Gasteiger partial charge < -0.3 is 25.7 Å². The zero-order chi connectivity index (χ0) is 21.8. The largest absolute Gasteiger partial charge is 0.504 e. The molecule has 1 saturated carbocycles. The number of benzene rings is 2. The van der Waals surface area contributed by atoms with Crippen LogP contribution in [0.4, 0.5) is 11.8 Å². The number of para-hydroxylation sites is 1. The first-order valence-corrected chi connectivity index (χ1v) is 10.9. The van der Waals surface area contributed by atoms with Gasteiger partial charge in [-0.25, -0.2) is 4.98 Å². The minimum absolute atomic E-state index is 0.0702. The maximum absolute atomic E-state index is 9.61. The highest BCUT2D eigenvalue weighted by Gasteiger charge is 2.22. The lowest BCUT2D eigenvalue weighted by Crippen LogP contribution is -2.31. The molecule has 1 heterocycles. The van der Waals surface area contributed by atoms with Gasteiger partial charge in [-0.1, -0.05) is 18.2 Å². The summed E-state index contributed by atoms with van der Waals surface area (Å²) in [6.45, 7) is 1.63. The van der Waals surface area contributed by atoms with Gasteiger partial charge in [0.25, 0.3) is 0 Å². The highest BCUT2D eigenvalue weighted by Crippen LogP contribution is 2.28. The van der Waals surface area contributed by atoms with Gasteiger partial charge in [-0.15, -0.1) is 0 Å². The third kappa shape index (κ3) is 5.17. The molecular weight excluding hydrogens is 390 g/mol. The van der Waals surface area contributed by atoms with E-state index >= 15 is 0 Å². The lowest BCUT2D eigenvalue weighted by molar-refractivity contribution is 0.323. The van der Waals surface area contributed by atoms with Crippen molar-refractivity contribution in [2.45, 2.75) is 38.3 Å². The molecule has 7 nitrogen and oxygen atoms in total. The van der Waals surface area contributed by atoms with E-state index in [1.165, 1.54) is 6.07 Å². The van der Waals surface area contributed by atoms with Gasteiger partial charge in [-0.05, 0) is 68.0 Å². The van der Waals surface area contributed by atoms with Crippen molar-refractivity contribution in [3.63, 3.8) is 0 Å². The fourth-order valence-electron chi connectivity index (χ4n) is 4.26. The number of fused-ring (bicyclic) bond motifs is 1. The van der Waals surface area contributed by atoms with Gasteiger partial charge in [-0.3, -0.25) is 0 Å². The average Bonchev–Trinajstić information content (AvgIpc) is 2.77. The molecule has 0 bridgehead atoms. The molecule has 0 unspecified atom stereocenters. The molecule has 0 aliphatic heterocycles. The van der Waals surface area contributed by atoms with Crippen LogP contribution in [0.1, 0.15) is 31.2 Å². The van der Waals surface area contributed by atoms with Crippen molar-refractivity contribution in [1.29, 1.82) is 0 Å². The highest BCUT2D eigenvalue weighted by atomic mass is 16.3. The number of aromatic nitrogens is 2.